The van der Waals surface area contributed by atoms with Crippen LogP contribution in [0.4, 0.5) is 5.69 Å². The third kappa shape index (κ3) is 4.25. The number of sulfone groups is 1. The van der Waals surface area contributed by atoms with Crippen LogP contribution in [-0.4, -0.2) is 50.9 Å². The van der Waals surface area contributed by atoms with Gasteiger partial charge in [-0.3, -0.25) is 4.79 Å². The zero-order valence-corrected chi connectivity index (χ0v) is 15.9. The molecular weight excluding hydrogens is 348 g/mol. The van der Waals surface area contributed by atoms with Crippen molar-refractivity contribution < 1.29 is 13.2 Å². The Hall–Kier alpha value is -2.34. The maximum Gasteiger partial charge on any atom is 0.254 e. The van der Waals surface area contributed by atoms with Gasteiger partial charge in [-0.25, -0.2) is 8.42 Å². The van der Waals surface area contributed by atoms with E-state index in [1.54, 1.807) is 17.0 Å². The predicted octanol–water partition coefficient (Wildman–Crippen LogP) is 2.58. The second-order valence-corrected chi connectivity index (χ2v) is 9.15. The molecule has 0 aromatic heterocycles. The van der Waals surface area contributed by atoms with E-state index in [4.69, 9.17) is 0 Å². The fourth-order valence-corrected chi connectivity index (χ4v) is 4.96. The van der Waals surface area contributed by atoms with Gasteiger partial charge in [0.15, 0.2) is 9.84 Å². The van der Waals surface area contributed by atoms with Crippen LogP contribution in [0.5, 0.6) is 0 Å². The molecule has 26 heavy (non-hydrogen) atoms. The van der Waals surface area contributed by atoms with Gasteiger partial charge in [-0.1, -0.05) is 30.3 Å². The van der Waals surface area contributed by atoms with Gasteiger partial charge in [0, 0.05) is 37.9 Å². The molecule has 1 aliphatic rings. The second kappa shape index (κ2) is 7.50. The Morgan fingerprint density at radius 3 is 2.23 bits per heavy atom. The summed E-state index contributed by atoms with van der Waals surface area (Å²) in [5.74, 6) is 0.0707. The molecule has 3 rings (SSSR count). The van der Waals surface area contributed by atoms with Crippen LogP contribution >= 0.6 is 0 Å². The number of hydrogen-bond acceptors (Lipinski definition) is 4. The highest BCUT2D eigenvalue weighted by Gasteiger charge is 2.35. The summed E-state index contributed by atoms with van der Waals surface area (Å²) in [5.41, 5.74) is 2.66. The largest absolute Gasteiger partial charge is 0.378 e. The van der Waals surface area contributed by atoms with Crippen LogP contribution in [0.1, 0.15) is 22.3 Å². The van der Waals surface area contributed by atoms with Crippen LogP contribution in [0, 0.1) is 0 Å². The molecule has 0 bridgehead atoms. The summed E-state index contributed by atoms with van der Waals surface area (Å²) in [6.07, 6.45) is 0.497. The van der Waals surface area contributed by atoms with Crippen molar-refractivity contribution in [2.75, 3.05) is 30.5 Å². The fraction of sp³-hybridized carbons (Fsp3) is 0.350. The minimum atomic E-state index is -3.07. The Labute approximate surface area is 155 Å². The molecular formula is C20H24N2O3S. The molecule has 1 aliphatic heterocycles. The van der Waals surface area contributed by atoms with Gasteiger partial charge in [0.25, 0.3) is 5.91 Å². The quantitative estimate of drug-likeness (QED) is 0.809. The van der Waals surface area contributed by atoms with Crippen molar-refractivity contribution in [1.82, 2.24) is 4.90 Å². The van der Waals surface area contributed by atoms with Crippen LogP contribution in [0.25, 0.3) is 0 Å². The minimum Gasteiger partial charge on any atom is -0.378 e. The molecule has 2 aromatic carbocycles. The van der Waals surface area contributed by atoms with Gasteiger partial charge in [-0.2, -0.15) is 0 Å². The van der Waals surface area contributed by atoms with E-state index in [1.807, 2.05) is 61.5 Å². The monoisotopic (exact) mass is 372 g/mol. The Bertz CT molecular complexity index is 862. The number of hydrogen-bond donors (Lipinski definition) is 0. The molecule has 1 amide bonds. The average molecular weight is 372 g/mol. The van der Waals surface area contributed by atoms with E-state index < -0.39 is 9.84 Å². The maximum atomic E-state index is 13.0. The smallest absolute Gasteiger partial charge is 0.254 e. The first-order chi connectivity index (χ1) is 12.4. The molecule has 2 aromatic rings. The normalized spacial score (nSPS) is 18.5. The number of carbonyl (C=O) groups excluding carboxylic acids is 1. The number of nitrogens with zero attached hydrogens (tertiary/aromatic N) is 2. The van der Waals surface area contributed by atoms with E-state index in [1.165, 1.54) is 0 Å². The standard InChI is InChI=1S/C20H24N2O3S/c1-21(2)18-10-8-16(9-11-18)14-22(19-12-13-26(24,25)15-19)20(23)17-6-4-3-5-7-17/h3-11,19H,12-15H2,1-2H3/t19-/m1/s1. The molecule has 1 saturated heterocycles. The minimum absolute atomic E-state index is 0.0430. The van der Waals surface area contributed by atoms with Crippen LogP contribution in [-0.2, 0) is 16.4 Å². The van der Waals surface area contributed by atoms with Gasteiger partial charge in [0.05, 0.1) is 11.5 Å². The SMILES string of the molecule is CN(C)c1ccc(CN(C(=O)c2ccccc2)[C@@H]2CCS(=O)(=O)C2)cc1. The van der Waals surface area contributed by atoms with E-state index in [0.29, 0.717) is 18.5 Å². The van der Waals surface area contributed by atoms with E-state index in [2.05, 4.69) is 0 Å². The lowest BCUT2D eigenvalue weighted by Gasteiger charge is -2.29. The highest BCUT2D eigenvalue weighted by atomic mass is 32.2. The van der Waals surface area contributed by atoms with Gasteiger partial charge in [-0.05, 0) is 36.2 Å². The first kappa shape index (κ1) is 18.5. The zero-order valence-electron chi connectivity index (χ0n) is 15.1. The third-order valence-corrected chi connectivity index (χ3v) is 6.49. The van der Waals surface area contributed by atoms with Crippen molar-refractivity contribution in [2.45, 2.75) is 19.0 Å². The summed E-state index contributed by atoms with van der Waals surface area (Å²) in [6.45, 7) is 0.404. The molecule has 0 saturated carbocycles. The van der Waals surface area contributed by atoms with Crippen LogP contribution in [0.3, 0.4) is 0 Å². The lowest BCUT2D eigenvalue weighted by molar-refractivity contribution is 0.0681. The summed E-state index contributed by atoms with van der Waals surface area (Å²) >= 11 is 0. The maximum absolute atomic E-state index is 13.0. The fourth-order valence-electron chi connectivity index (χ4n) is 3.23. The highest BCUT2D eigenvalue weighted by molar-refractivity contribution is 7.91. The number of amides is 1. The Balaban J connectivity index is 1.86. The molecule has 1 heterocycles. The van der Waals surface area contributed by atoms with Crippen LogP contribution in [0.2, 0.25) is 0 Å². The molecule has 0 aliphatic carbocycles. The van der Waals surface area contributed by atoms with Crippen molar-refractivity contribution >= 4 is 21.4 Å². The lowest BCUT2D eigenvalue weighted by atomic mass is 10.1. The van der Waals surface area contributed by atoms with Crippen molar-refractivity contribution in [3.05, 3.63) is 65.7 Å². The molecule has 0 unspecified atom stereocenters. The van der Waals surface area contributed by atoms with E-state index in [0.717, 1.165) is 11.3 Å². The van der Waals surface area contributed by atoms with Crippen LogP contribution in [0.15, 0.2) is 54.6 Å². The molecule has 5 nitrogen and oxygen atoms in total. The summed E-state index contributed by atoms with van der Waals surface area (Å²) in [6, 6.07) is 16.8. The van der Waals surface area contributed by atoms with E-state index in [9.17, 15) is 13.2 Å². The molecule has 6 heteroatoms. The lowest BCUT2D eigenvalue weighted by Crippen LogP contribution is -2.40. The van der Waals surface area contributed by atoms with Crippen LogP contribution < -0.4 is 4.90 Å². The van der Waals surface area contributed by atoms with E-state index >= 15 is 0 Å². The zero-order chi connectivity index (χ0) is 18.7. The van der Waals surface area contributed by atoms with Crippen molar-refractivity contribution in [3.8, 4) is 0 Å². The average Bonchev–Trinajstić information content (AvgIpc) is 3.00. The topological polar surface area (TPSA) is 57.7 Å². The number of carbonyl (C=O) groups is 1. The molecule has 0 radical (unpaired) electrons. The number of anilines is 1. The number of benzene rings is 2. The molecule has 1 fully saturated rings. The molecule has 0 spiro atoms. The van der Waals surface area contributed by atoms with Crippen molar-refractivity contribution in [3.63, 3.8) is 0 Å². The predicted molar refractivity (Wildman–Crippen MR) is 104 cm³/mol. The second-order valence-electron chi connectivity index (χ2n) is 6.92. The summed E-state index contributed by atoms with van der Waals surface area (Å²) in [5, 5.41) is 0. The number of rotatable bonds is 5. The van der Waals surface area contributed by atoms with Gasteiger partial charge < -0.3 is 9.80 Å². The third-order valence-electron chi connectivity index (χ3n) is 4.74. The summed E-state index contributed by atoms with van der Waals surface area (Å²) in [4.78, 5) is 16.8. The molecule has 1 atom stereocenters. The van der Waals surface area contributed by atoms with Crippen molar-refractivity contribution in [1.29, 1.82) is 0 Å². The summed E-state index contributed by atoms with van der Waals surface area (Å²) in [7, 11) is 0.885. The van der Waals surface area contributed by atoms with Gasteiger partial charge in [-0.15, -0.1) is 0 Å². The van der Waals surface area contributed by atoms with Gasteiger partial charge >= 0.3 is 0 Å². The highest BCUT2D eigenvalue weighted by Crippen LogP contribution is 2.23. The molecule has 0 N–H and O–H groups in total. The first-order valence-corrected chi connectivity index (χ1v) is 10.5. The van der Waals surface area contributed by atoms with Gasteiger partial charge in [0.2, 0.25) is 0 Å². The Morgan fingerprint density at radius 2 is 1.69 bits per heavy atom. The molecule has 138 valence electrons. The summed E-state index contributed by atoms with van der Waals surface area (Å²) < 4.78 is 23.9. The Kier molecular flexibility index (Phi) is 5.32. The first-order valence-electron chi connectivity index (χ1n) is 8.68. The van der Waals surface area contributed by atoms with Gasteiger partial charge in [0.1, 0.15) is 0 Å². The van der Waals surface area contributed by atoms with Crippen molar-refractivity contribution in [2.24, 2.45) is 0 Å². The Morgan fingerprint density at radius 1 is 1.04 bits per heavy atom. The van der Waals surface area contributed by atoms with E-state index in [-0.39, 0.29) is 23.5 Å².